The van der Waals surface area contributed by atoms with Crippen LogP contribution in [0.1, 0.15) is 21.6 Å². The van der Waals surface area contributed by atoms with E-state index >= 15 is 0 Å². The Balaban J connectivity index is 0.00000121. The zero-order chi connectivity index (χ0) is 12.7. The van der Waals surface area contributed by atoms with Crippen LogP contribution in [-0.4, -0.2) is 18.0 Å². The Morgan fingerprint density at radius 2 is 2.10 bits per heavy atom. The van der Waals surface area contributed by atoms with E-state index in [-0.39, 0.29) is 12.4 Å². The maximum absolute atomic E-state index is 3.55. The molecule has 0 amide bonds. The van der Waals surface area contributed by atoms with Crippen molar-refractivity contribution < 1.29 is 0 Å². The van der Waals surface area contributed by atoms with Gasteiger partial charge < -0.3 is 5.32 Å². The van der Waals surface area contributed by atoms with Crippen molar-refractivity contribution in [1.82, 2.24) is 4.90 Å². The summed E-state index contributed by atoms with van der Waals surface area (Å²) in [5.74, 6) is 0. The highest BCUT2D eigenvalue weighted by Gasteiger charge is 2.20. The van der Waals surface area contributed by atoms with Crippen molar-refractivity contribution in [2.24, 2.45) is 0 Å². The van der Waals surface area contributed by atoms with E-state index in [2.05, 4.69) is 39.9 Å². The Labute approximate surface area is 130 Å². The van der Waals surface area contributed by atoms with Gasteiger partial charge in [-0.25, -0.2) is 0 Å². The van der Waals surface area contributed by atoms with E-state index < -0.39 is 0 Å². The molecule has 0 fully saturated rings. The van der Waals surface area contributed by atoms with Crippen LogP contribution >= 0.6 is 23.7 Å². The summed E-state index contributed by atoms with van der Waals surface area (Å²) < 4.78 is 0. The molecule has 4 heteroatoms. The molecule has 1 aromatic heterocycles. The number of fused-ring (bicyclic) bond motifs is 2. The lowest BCUT2D eigenvalue weighted by molar-refractivity contribution is 0.248. The Hall–Kier alpha value is -1.03. The summed E-state index contributed by atoms with van der Waals surface area (Å²) in [7, 11) is 0. The molecule has 0 unspecified atom stereocenters. The molecule has 0 aliphatic carbocycles. The molecular weight excluding hydrogens is 288 g/mol. The lowest BCUT2D eigenvalue weighted by atomic mass is 10.0. The van der Waals surface area contributed by atoms with Gasteiger partial charge in [-0.05, 0) is 41.0 Å². The first kappa shape index (κ1) is 13.9. The lowest BCUT2D eigenvalue weighted by Crippen LogP contribution is -2.29. The van der Waals surface area contributed by atoms with Crippen LogP contribution in [0.15, 0.2) is 29.6 Å². The molecule has 3 heterocycles. The van der Waals surface area contributed by atoms with Gasteiger partial charge in [0.05, 0.1) is 0 Å². The van der Waals surface area contributed by atoms with Gasteiger partial charge in [0.15, 0.2) is 0 Å². The van der Waals surface area contributed by atoms with E-state index in [1.54, 1.807) is 4.88 Å². The Kier molecular flexibility index (Phi) is 4.01. The maximum atomic E-state index is 3.55. The van der Waals surface area contributed by atoms with Crippen molar-refractivity contribution in [3.63, 3.8) is 0 Å². The molecule has 0 saturated heterocycles. The quantitative estimate of drug-likeness (QED) is 0.910. The minimum Gasteiger partial charge on any atom is -0.384 e. The number of nitrogens with one attached hydrogen (secondary N) is 1. The van der Waals surface area contributed by atoms with Gasteiger partial charge >= 0.3 is 0 Å². The first-order valence-electron chi connectivity index (χ1n) is 7.02. The number of hydrogen-bond acceptors (Lipinski definition) is 3. The zero-order valence-electron chi connectivity index (χ0n) is 11.4. The van der Waals surface area contributed by atoms with Crippen LogP contribution < -0.4 is 5.32 Å². The molecular formula is C16H19ClN2S. The number of halogens is 1. The van der Waals surface area contributed by atoms with Gasteiger partial charge in [0.25, 0.3) is 0 Å². The number of thiophene rings is 1. The second-order valence-corrected chi connectivity index (χ2v) is 6.46. The molecule has 2 aromatic rings. The third kappa shape index (κ3) is 2.46. The first-order valence-corrected chi connectivity index (χ1v) is 7.90. The van der Waals surface area contributed by atoms with Gasteiger partial charge in [-0.2, -0.15) is 0 Å². The highest BCUT2D eigenvalue weighted by atomic mass is 35.5. The summed E-state index contributed by atoms with van der Waals surface area (Å²) in [5, 5.41) is 5.78. The zero-order valence-corrected chi connectivity index (χ0v) is 13.0. The fourth-order valence-corrected chi connectivity index (χ4v) is 4.12. The molecule has 0 radical (unpaired) electrons. The second kappa shape index (κ2) is 5.76. The normalized spacial score (nSPS) is 17.0. The first-order chi connectivity index (χ1) is 9.40. The van der Waals surface area contributed by atoms with Crippen LogP contribution in [0.4, 0.5) is 5.69 Å². The molecule has 2 aliphatic heterocycles. The number of hydrogen-bond donors (Lipinski definition) is 1. The third-order valence-corrected chi connectivity index (χ3v) is 5.24. The molecule has 2 nitrogen and oxygen atoms in total. The topological polar surface area (TPSA) is 15.3 Å². The number of benzene rings is 1. The molecule has 4 rings (SSSR count). The predicted molar refractivity (Wildman–Crippen MR) is 88.0 cm³/mol. The fraction of sp³-hybridized carbons (Fsp3) is 0.375. The van der Waals surface area contributed by atoms with Gasteiger partial charge in [0, 0.05) is 36.7 Å². The molecule has 0 spiro atoms. The monoisotopic (exact) mass is 306 g/mol. The Morgan fingerprint density at radius 3 is 3.05 bits per heavy atom. The summed E-state index contributed by atoms with van der Waals surface area (Å²) in [5.41, 5.74) is 5.90. The average Bonchev–Trinajstić information content (AvgIpc) is 3.06. The molecule has 106 valence electrons. The van der Waals surface area contributed by atoms with E-state index in [4.69, 9.17) is 0 Å². The molecule has 1 N–H and O–H groups in total. The van der Waals surface area contributed by atoms with Crippen LogP contribution in [-0.2, 0) is 25.9 Å². The average molecular weight is 307 g/mol. The standard InChI is InChI=1S/C16H18N2S.ClH/c1-2-12-4-7-17-16(12)14(3-1)11-18-8-5-15-13(10-18)6-9-19-15;/h1-3,6,9,17H,4-5,7-8,10-11H2;1H. The van der Waals surface area contributed by atoms with Gasteiger partial charge in [0.1, 0.15) is 0 Å². The van der Waals surface area contributed by atoms with Crippen LogP contribution in [0, 0.1) is 0 Å². The molecule has 0 atom stereocenters. The third-order valence-electron chi connectivity index (χ3n) is 4.21. The van der Waals surface area contributed by atoms with E-state index in [1.165, 1.54) is 41.8 Å². The smallest absolute Gasteiger partial charge is 0.0419 e. The molecule has 20 heavy (non-hydrogen) atoms. The van der Waals surface area contributed by atoms with Crippen molar-refractivity contribution >= 4 is 29.4 Å². The lowest BCUT2D eigenvalue weighted by Gasteiger charge is -2.27. The minimum atomic E-state index is 0. The van der Waals surface area contributed by atoms with E-state index in [0.717, 1.165) is 19.6 Å². The van der Waals surface area contributed by atoms with Crippen molar-refractivity contribution in [2.75, 3.05) is 18.4 Å². The van der Waals surface area contributed by atoms with E-state index in [9.17, 15) is 0 Å². The summed E-state index contributed by atoms with van der Waals surface area (Å²) in [4.78, 5) is 4.16. The maximum Gasteiger partial charge on any atom is 0.0419 e. The summed E-state index contributed by atoms with van der Waals surface area (Å²) >= 11 is 1.91. The van der Waals surface area contributed by atoms with Crippen LogP contribution in [0.25, 0.3) is 0 Å². The number of anilines is 1. The largest absolute Gasteiger partial charge is 0.384 e. The molecule has 1 aromatic carbocycles. The number of rotatable bonds is 2. The molecule has 2 aliphatic rings. The Morgan fingerprint density at radius 1 is 1.15 bits per heavy atom. The van der Waals surface area contributed by atoms with E-state index in [0.29, 0.717) is 0 Å². The number of nitrogens with zero attached hydrogens (tertiary/aromatic N) is 1. The van der Waals surface area contributed by atoms with Gasteiger partial charge in [0.2, 0.25) is 0 Å². The van der Waals surface area contributed by atoms with Gasteiger partial charge in [-0.15, -0.1) is 23.7 Å². The van der Waals surface area contributed by atoms with Crippen LogP contribution in [0.2, 0.25) is 0 Å². The van der Waals surface area contributed by atoms with Gasteiger partial charge in [-0.1, -0.05) is 18.2 Å². The number of para-hydroxylation sites is 1. The SMILES string of the molecule is Cl.c1cc2c(c(CN3CCc4sccc4C3)c1)NCC2. The highest BCUT2D eigenvalue weighted by molar-refractivity contribution is 7.10. The van der Waals surface area contributed by atoms with Crippen molar-refractivity contribution in [3.05, 3.63) is 51.2 Å². The molecule has 0 saturated carbocycles. The Bertz CT molecular complexity index is 608. The van der Waals surface area contributed by atoms with Crippen LogP contribution in [0.3, 0.4) is 0 Å². The predicted octanol–water partition coefficient (Wildman–Crippen LogP) is 3.70. The van der Waals surface area contributed by atoms with Gasteiger partial charge in [-0.3, -0.25) is 4.90 Å². The minimum absolute atomic E-state index is 0. The summed E-state index contributed by atoms with van der Waals surface area (Å²) in [6, 6.07) is 9.03. The summed E-state index contributed by atoms with van der Waals surface area (Å²) in [6.45, 7) is 4.48. The van der Waals surface area contributed by atoms with Crippen molar-refractivity contribution in [1.29, 1.82) is 0 Å². The van der Waals surface area contributed by atoms with Crippen LogP contribution in [0.5, 0.6) is 0 Å². The second-order valence-electron chi connectivity index (χ2n) is 5.46. The van der Waals surface area contributed by atoms with E-state index in [1.807, 2.05) is 11.3 Å². The highest BCUT2D eigenvalue weighted by Crippen LogP contribution is 2.30. The van der Waals surface area contributed by atoms with Crippen molar-refractivity contribution in [2.45, 2.75) is 25.9 Å². The summed E-state index contributed by atoms with van der Waals surface area (Å²) in [6.07, 6.45) is 2.40. The fourth-order valence-electron chi connectivity index (χ4n) is 3.23. The van der Waals surface area contributed by atoms with Crippen molar-refractivity contribution in [3.8, 4) is 0 Å². The molecule has 0 bridgehead atoms.